The van der Waals surface area contributed by atoms with Gasteiger partial charge in [-0.1, -0.05) is 56.3 Å². The predicted molar refractivity (Wildman–Crippen MR) is 103 cm³/mol. The molecule has 0 radical (unpaired) electrons. The molecule has 134 valence electrons. The van der Waals surface area contributed by atoms with Gasteiger partial charge in [0.1, 0.15) is 5.75 Å². The summed E-state index contributed by atoms with van der Waals surface area (Å²) in [7, 11) is 1.65. The Bertz CT molecular complexity index is 662. The predicted octanol–water partition coefficient (Wildman–Crippen LogP) is 4.50. The van der Waals surface area contributed by atoms with Crippen molar-refractivity contribution < 1.29 is 9.53 Å². The summed E-state index contributed by atoms with van der Waals surface area (Å²) in [6.07, 6.45) is 2.15. The number of aryl methyl sites for hydroxylation is 1. The molecule has 3 nitrogen and oxygen atoms in total. The lowest BCUT2D eigenvalue weighted by Gasteiger charge is -2.29. The lowest BCUT2D eigenvalue weighted by Crippen LogP contribution is -2.37. The summed E-state index contributed by atoms with van der Waals surface area (Å²) in [5.41, 5.74) is 2.48. The van der Waals surface area contributed by atoms with Crippen molar-refractivity contribution in [1.82, 2.24) is 5.32 Å². The highest BCUT2D eigenvalue weighted by Gasteiger charge is 2.23. The fourth-order valence-electron chi connectivity index (χ4n) is 3.22. The molecule has 2 rings (SSSR count). The van der Waals surface area contributed by atoms with E-state index in [4.69, 9.17) is 4.74 Å². The quantitative estimate of drug-likeness (QED) is 0.769. The summed E-state index contributed by atoms with van der Waals surface area (Å²) >= 11 is 0. The molecule has 0 aliphatic carbocycles. The summed E-state index contributed by atoms with van der Waals surface area (Å²) in [6, 6.07) is 18.5. The van der Waals surface area contributed by atoms with E-state index in [2.05, 4.69) is 50.4 Å². The van der Waals surface area contributed by atoms with Crippen LogP contribution in [-0.2, 0) is 16.6 Å². The van der Waals surface area contributed by atoms with Crippen molar-refractivity contribution in [2.24, 2.45) is 0 Å². The van der Waals surface area contributed by atoms with E-state index in [1.54, 1.807) is 7.11 Å². The summed E-state index contributed by atoms with van der Waals surface area (Å²) in [5.74, 6) is 0.942. The van der Waals surface area contributed by atoms with E-state index in [0.29, 0.717) is 6.42 Å². The molecule has 0 aromatic heterocycles. The summed E-state index contributed by atoms with van der Waals surface area (Å²) < 4.78 is 5.15. The van der Waals surface area contributed by atoms with Crippen molar-refractivity contribution in [3.63, 3.8) is 0 Å². The number of ether oxygens (including phenoxy) is 1. The second-order valence-corrected chi connectivity index (χ2v) is 7.27. The number of benzene rings is 2. The average molecular weight is 339 g/mol. The van der Waals surface area contributed by atoms with Gasteiger partial charge in [0.2, 0.25) is 5.91 Å². The Morgan fingerprint density at radius 1 is 1.08 bits per heavy atom. The lowest BCUT2D eigenvalue weighted by atomic mass is 9.79. The molecule has 0 bridgehead atoms. The van der Waals surface area contributed by atoms with Crippen LogP contribution in [0.1, 0.15) is 44.7 Å². The highest BCUT2D eigenvalue weighted by molar-refractivity contribution is 5.76. The minimum atomic E-state index is 0.0317. The van der Waals surface area contributed by atoms with Gasteiger partial charge in [-0.2, -0.15) is 0 Å². The van der Waals surface area contributed by atoms with Gasteiger partial charge in [0.05, 0.1) is 7.11 Å². The van der Waals surface area contributed by atoms with Gasteiger partial charge in [0.15, 0.2) is 0 Å². The van der Waals surface area contributed by atoms with Crippen LogP contribution in [0.25, 0.3) is 0 Å². The third-order valence-corrected chi connectivity index (χ3v) is 4.58. The van der Waals surface area contributed by atoms with Gasteiger partial charge in [0, 0.05) is 12.5 Å². The standard InChI is InChI=1S/C22H29NO2/c1-17(16-22(2,3)19-8-6-5-7-9-19)23-21(24)15-12-18-10-13-20(25-4)14-11-18/h5-11,13-14,17H,12,15-16H2,1-4H3,(H,23,24). The van der Waals surface area contributed by atoms with E-state index in [0.717, 1.165) is 24.2 Å². The number of hydrogen-bond acceptors (Lipinski definition) is 2. The topological polar surface area (TPSA) is 38.3 Å². The molecular weight excluding hydrogens is 310 g/mol. The smallest absolute Gasteiger partial charge is 0.220 e. The van der Waals surface area contributed by atoms with Crippen LogP contribution in [-0.4, -0.2) is 19.1 Å². The molecule has 2 aromatic carbocycles. The van der Waals surface area contributed by atoms with Crippen LogP contribution in [0.15, 0.2) is 54.6 Å². The van der Waals surface area contributed by atoms with Crippen molar-refractivity contribution in [2.45, 2.75) is 51.5 Å². The van der Waals surface area contributed by atoms with Crippen molar-refractivity contribution in [3.05, 3.63) is 65.7 Å². The van der Waals surface area contributed by atoms with Crippen LogP contribution < -0.4 is 10.1 Å². The lowest BCUT2D eigenvalue weighted by molar-refractivity contribution is -0.121. The van der Waals surface area contributed by atoms with Crippen molar-refractivity contribution in [2.75, 3.05) is 7.11 Å². The number of carbonyl (C=O) groups excluding carboxylic acids is 1. The van der Waals surface area contributed by atoms with E-state index in [1.165, 1.54) is 5.56 Å². The Hall–Kier alpha value is -2.29. The first-order valence-corrected chi connectivity index (χ1v) is 8.88. The maximum absolute atomic E-state index is 12.2. The molecular formula is C22H29NO2. The van der Waals surface area contributed by atoms with E-state index in [1.807, 2.05) is 30.3 Å². The number of hydrogen-bond donors (Lipinski definition) is 1. The molecule has 0 aliphatic rings. The average Bonchev–Trinajstić information content (AvgIpc) is 2.60. The first kappa shape index (κ1) is 19.0. The number of carbonyl (C=O) groups is 1. The fourth-order valence-corrected chi connectivity index (χ4v) is 3.22. The van der Waals surface area contributed by atoms with Gasteiger partial charge in [-0.15, -0.1) is 0 Å². The summed E-state index contributed by atoms with van der Waals surface area (Å²) in [5, 5.41) is 3.13. The summed E-state index contributed by atoms with van der Waals surface area (Å²) in [4.78, 5) is 12.2. The molecule has 0 spiro atoms. The molecule has 1 amide bonds. The summed E-state index contributed by atoms with van der Waals surface area (Å²) in [6.45, 7) is 6.53. The van der Waals surface area contributed by atoms with Gasteiger partial charge in [0.25, 0.3) is 0 Å². The van der Waals surface area contributed by atoms with Crippen molar-refractivity contribution in [1.29, 1.82) is 0 Å². The first-order chi connectivity index (χ1) is 11.9. The van der Waals surface area contributed by atoms with Crippen LogP contribution >= 0.6 is 0 Å². The number of amides is 1. The zero-order valence-corrected chi connectivity index (χ0v) is 15.7. The minimum Gasteiger partial charge on any atom is -0.497 e. The molecule has 0 saturated carbocycles. The third kappa shape index (κ3) is 5.93. The Morgan fingerprint density at radius 3 is 2.32 bits per heavy atom. The Labute approximate surface area is 151 Å². The molecule has 0 aliphatic heterocycles. The molecule has 1 unspecified atom stereocenters. The van der Waals surface area contributed by atoms with Crippen molar-refractivity contribution >= 4 is 5.91 Å². The molecule has 2 aromatic rings. The highest BCUT2D eigenvalue weighted by Crippen LogP contribution is 2.28. The fraction of sp³-hybridized carbons (Fsp3) is 0.409. The number of methoxy groups -OCH3 is 1. The van der Waals surface area contributed by atoms with E-state index < -0.39 is 0 Å². The van der Waals surface area contributed by atoms with Gasteiger partial charge in [-0.05, 0) is 48.4 Å². The molecule has 0 heterocycles. The molecule has 1 N–H and O–H groups in total. The van der Waals surface area contributed by atoms with Crippen LogP contribution in [0.5, 0.6) is 5.75 Å². The van der Waals surface area contributed by atoms with Gasteiger partial charge >= 0.3 is 0 Å². The molecule has 1 atom stereocenters. The van der Waals surface area contributed by atoms with Gasteiger partial charge < -0.3 is 10.1 Å². The Balaban J connectivity index is 1.81. The third-order valence-electron chi connectivity index (χ3n) is 4.58. The zero-order chi connectivity index (χ0) is 18.3. The highest BCUT2D eigenvalue weighted by atomic mass is 16.5. The van der Waals surface area contributed by atoms with Crippen molar-refractivity contribution in [3.8, 4) is 5.75 Å². The van der Waals surface area contributed by atoms with Gasteiger partial charge in [-0.25, -0.2) is 0 Å². The van der Waals surface area contributed by atoms with Crippen LogP contribution in [0, 0.1) is 0 Å². The number of rotatable bonds is 8. The molecule has 25 heavy (non-hydrogen) atoms. The maximum Gasteiger partial charge on any atom is 0.220 e. The monoisotopic (exact) mass is 339 g/mol. The molecule has 3 heteroatoms. The van der Waals surface area contributed by atoms with E-state index in [9.17, 15) is 4.79 Å². The van der Waals surface area contributed by atoms with Crippen LogP contribution in [0.2, 0.25) is 0 Å². The van der Waals surface area contributed by atoms with Crippen LogP contribution in [0.3, 0.4) is 0 Å². The second kappa shape index (κ2) is 8.70. The Morgan fingerprint density at radius 2 is 1.72 bits per heavy atom. The second-order valence-electron chi connectivity index (χ2n) is 7.27. The number of nitrogens with one attached hydrogen (secondary N) is 1. The molecule has 0 fully saturated rings. The zero-order valence-electron chi connectivity index (χ0n) is 15.7. The van der Waals surface area contributed by atoms with Gasteiger partial charge in [-0.3, -0.25) is 4.79 Å². The van der Waals surface area contributed by atoms with E-state index >= 15 is 0 Å². The first-order valence-electron chi connectivity index (χ1n) is 8.88. The van der Waals surface area contributed by atoms with E-state index in [-0.39, 0.29) is 17.4 Å². The largest absolute Gasteiger partial charge is 0.497 e. The van der Waals surface area contributed by atoms with Crippen LogP contribution in [0.4, 0.5) is 0 Å². The maximum atomic E-state index is 12.2. The SMILES string of the molecule is COc1ccc(CCC(=O)NC(C)CC(C)(C)c2ccccc2)cc1. The Kier molecular flexibility index (Phi) is 6.63. The molecule has 0 saturated heterocycles. The normalized spacial score (nSPS) is 12.5. The minimum absolute atomic E-state index is 0.0317.